The highest BCUT2D eigenvalue weighted by atomic mass is 19.4. The summed E-state index contributed by atoms with van der Waals surface area (Å²) in [6.45, 7) is 0.442. The fraction of sp³-hybridized carbons (Fsp3) is 0.462. The molecule has 2 aromatic rings. The van der Waals surface area contributed by atoms with Crippen molar-refractivity contribution in [3.63, 3.8) is 0 Å². The second kappa shape index (κ2) is 8.41. The van der Waals surface area contributed by atoms with Crippen LogP contribution in [0.2, 0.25) is 0 Å². The minimum absolute atomic E-state index is 0.0406. The zero-order chi connectivity index (χ0) is 24.1. The Morgan fingerprint density at radius 1 is 0.971 bits per heavy atom. The lowest BCUT2D eigenvalue weighted by Gasteiger charge is -2.51. The van der Waals surface area contributed by atoms with Gasteiger partial charge in [-0.2, -0.15) is 13.2 Å². The monoisotopic (exact) mass is 472 g/mol. The lowest BCUT2D eigenvalue weighted by atomic mass is 9.74. The molecule has 180 valence electrons. The number of hydrogen-bond acceptors (Lipinski definition) is 3. The molecule has 1 unspecified atom stereocenters. The minimum Gasteiger partial charge on any atom is -0.478 e. The second-order valence-electron chi connectivity index (χ2n) is 9.83. The first kappa shape index (κ1) is 22.9. The van der Waals surface area contributed by atoms with Crippen LogP contribution in [0.15, 0.2) is 48.5 Å². The first-order valence-corrected chi connectivity index (χ1v) is 11.7. The van der Waals surface area contributed by atoms with Crippen molar-refractivity contribution in [3.05, 3.63) is 70.8 Å². The molecular formula is C26H27F3N2O3. The van der Waals surface area contributed by atoms with Crippen LogP contribution < -0.4 is 5.32 Å². The molecule has 6 rings (SSSR count). The number of nitrogens with one attached hydrogen (secondary N) is 1. The number of fused-ring (bicyclic) bond motifs is 3. The molecule has 2 saturated carbocycles. The first-order valence-electron chi connectivity index (χ1n) is 11.7. The van der Waals surface area contributed by atoms with E-state index in [1.807, 2.05) is 0 Å². The second-order valence-corrected chi connectivity index (χ2v) is 9.83. The van der Waals surface area contributed by atoms with E-state index in [1.54, 1.807) is 24.3 Å². The topological polar surface area (TPSA) is 69.6 Å². The fourth-order valence-electron chi connectivity index (χ4n) is 5.70. The quantitative estimate of drug-likeness (QED) is 0.624. The molecule has 2 saturated heterocycles. The van der Waals surface area contributed by atoms with Gasteiger partial charge in [0.2, 0.25) is 5.91 Å². The van der Waals surface area contributed by atoms with Gasteiger partial charge in [-0.3, -0.25) is 9.69 Å². The van der Waals surface area contributed by atoms with Gasteiger partial charge in [0.25, 0.3) is 0 Å². The van der Waals surface area contributed by atoms with E-state index in [4.69, 9.17) is 5.11 Å². The third-order valence-corrected chi connectivity index (χ3v) is 7.73. The maximum absolute atomic E-state index is 13.6. The summed E-state index contributed by atoms with van der Waals surface area (Å²) in [5.74, 6) is -0.802. The smallest absolute Gasteiger partial charge is 0.416 e. The van der Waals surface area contributed by atoms with E-state index < -0.39 is 23.2 Å². The lowest BCUT2D eigenvalue weighted by Crippen LogP contribution is -2.61. The normalized spacial score (nSPS) is 25.7. The van der Waals surface area contributed by atoms with Crippen LogP contribution in [0.3, 0.4) is 0 Å². The summed E-state index contributed by atoms with van der Waals surface area (Å²) in [5.41, 5.74) is 0.739. The minimum atomic E-state index is -4.37. The van der Waals surface area contributed by atoms with E-state index in [2.05, 4.69) is 10.2 Å². The zero-order valence-corrected chi connectivity index (χ0v) is 18.6. The number of hydrogen-bond donors (Lipinski definition) is 2. The van der Waals surface area contributed by atoms with Crippen LogP contribution in [0, 0.1) is 5.92 Å². The fourth-order valence-corrected chi connectivity index (χ4v) is 5.70. The molecule has 8 heteroatoms. The van der Waals surface area contributed by atoms with Crippen LogP contribution in [-0.4, -0.2) is 34.0 Å². The number of alkyl halides is 3. The average Bonchev–Trinajstić information content (AvgIpc) is 3.60. The average molecular weight is 473 g/mol. The highest BCUT2D eigenvalue weighted by molar-refractivity contribution is 5.87. The molecule has 2 N–H and O–H groups in total. The van der Waals surface area contributed by atoms with Crippen LogP contribution in [0.4, 0.5) is 13.2 Å². The number of carbonyl (C=O) groups excluding carboxylic acids is 1. The molecule has 2 aliphatic heterocycles. The van der Waals surface area contributed by atoms with Crippen LogP contribution >= 0.6 is 0 Å². The van der Waals surface area contributed by atoms with Crippen molar-refractivity contribution in [2.24, 2.45) is 5.92 Å². The number of halogens is 3. The van der Waals surface area contributed by atoms with E-state index in [9.17, 15) is 22.8 Å². The van der Waals surface area contributed by atoms with Gasteiger partial charge in [-0.1, -0.05) is 24.3 Å². The molecule has 34 heavy (non-hydrogen) atoms. The number of carboxylic acid groups (broad SMARTS) is 1. The third kappa shape index (κ3) is 4.31. The van der Waals surface area contributed by atoms with Gasteiger partial charge in [0, 0.05) is 12.6 Å². The summed E-state index contributed by atoms with van der Waals surface area (Å²) in [7, 11) is 0. The van der Waals surface area contributed by atoms with E-state index in [0.717, 1.165) is 61.8 Å². The van der Waals surface area contributed by atoms with Gasteiger partial charge >= 0.3 is 12.1 Å². The van der Waals surface area contributed by atoms with Gasteiger partial charge in [-0.15, -0.1) is 0 Å². The number of nitrogens with zero attached hydrogens (tertiary/aromatic N) is 1. The zero-order valence-electron chi connectivity index (χ0n) is 18.6. The van der Waals surface area contributed by atoms with Gasteiger partial charge in [0.1, 0.15) is 0 Å². The van der Waals surface area contributed by atoms with Gasteiger partial charge in [0.15, 0.2) is 0 Å². The molecule has 2 bridgehead atoms. The summed E-state index contributed by atoms with van der Waals surface area (Å²) in [6.07, 6.45) is 1.18. The van der Waals surface area contributed by atoms with E-state index in [1.165, 1.54) is 12.1 Å². The molecule has 4 fully saturated rings. The number of carbonyl (C=O) groups is 2. The number of piperidine rings is 2. The van der Waals surface area contributed by atoms with Crippen LogP contribution in [0.1, 0.15) is 65.6 Å². The van der Waals surface area contributed by atoms with Crippen molar-refractivity contribution in [2.45, 2.75) is 68.9 Å². The van der Waals surface area contributed by atoms with Gasteiger partial charge in [-0.25, -0.2) is 4.79 Å². The van der Waals surface area contributed by atoms with Crippen molar-refractivity contribution in [1.29, 1.82) is 0 Å². The Labute approximate surface area is 196 Å². The molecule has 1 amide bonds. The largest absolute Gasteiger partial charge is 0.478 e. The predicted molar refractivity (Wildman–Crippen MR) is 119 cm³/mol. The SMILES string of the molecule is O=C(O)c1ccc(C2(NC(=O)C3C4CCC(CC4)N3Cc3ccc(C(F)(F)F)cc3)CC2)cc1. The standard InChI is InChI=1S/C26H27F3N2O3/c27-26(28,29)20-7-1-16(2-8-20)15-31-21-11-5-17(6-12-21)22(31)23(32)30-25(13-14-25)19-9-3-18(4-10-19)24(33)34/h1-4,7-10,17,21-22H,5-6,11-15H2,(H,30,32)(H,33,34). The van der Waals surface area contributed by atoms with E-state index in [-0.39, 0.29) is 29.5 Å². The third-order valence-electron chi connectivity index (χ3n) is 7.73. The Kier molecular flexibility index (Phi) is 5.67. The number of benzene rings is 2. The van der Waals surface area contributed by atoms with E-state index in [0.29, 0.717) is 6.54 Å². The summed E-state index contributed by atoms with van der Waals surface area (Å²) in [4.78, 5) is 26.9. The number of rotatable bonds is 6. The molecule has 0 radical (unpaired) electrons. The maximum atomic E-state index is 13.6. The Bertz CT molecular complexity index is 1070. The summed E-state index contributed by atoms with van der Waals surface area (Å²) in [5, 5.41) is 12.4. The molecule has 5 nitrogen and oxygen atoms in total. The molecule has 4 aliphatic rings. The predicted octanol–water partition coefficient (Wildman–Crippen LogP) is 4.95. The van der Waals surface area contributed by atoms with Crippen molar-refractivity contribution in [1.82, 2.24) is 10.2 Å². The number of amides is 1. The molecular weight excluding hydrogens is 445 g/mol. The van der Waals surface area contributed by atoms with Crippen LogP contribution in [0.25, 0.3) is 0 Å². The Morgan fingerprint density at radius 3 is 2.12 bits per heavy atom. The van der Waals surface area contributed by atoms with Crippen molar-refractivity contribution >= 4 is 11.9 Å². The van der Waals surface area contributed by atoms with Crippen LogP contribution in [-0.2, 0) is 23.1 Å². The highest BCUT2D eigenvalue weighted by Crippen LogP contribution is 2.47. The van der Waals surface area contributed by atoms with Crippen molar-refractivity contribution in [3.8, 4) is 0 Å². The van der Waals surface area contributed by atoms with Crippen molar-refractivity contribution < 1.29 is 27.9 Å². The maximum Gasteiger partial charge on any atom is 0.416 e. The highest BCUT2D eigenvalue weighted by Gasteiger charge is 2.50. The van der Waals surface area contributed by atoms with Gasteiger partial charge in [-0.05, 0) is 79.8 Å². The van der Waals surface area contributed by atoms with Gasteiger partial charge < -0.3 is 10.4 Å². The van der Waals surface area contributed by atoms with Crippen molar-refractivity contribution in [2.75, 3.05) is 0 Å². The molecule has 0 aromatic heterocycles. The molecule has 2 aromatic carbocycles. The Hall–Kier alpha value is -2.87. The molecule has 1 atom stereocenters. The Balaban J connectivity index is 1.33. The number of carboxylic acids is 1. The summed E-state index contributed by atoms with van der Waals surface area (Å²) in [6, 6.07) is 11.8. The molecule has 2 aliphatic carbocycles. The Morgan fingerprint density at radius 2 is 1.59 bits per heavy atom. The molecule has 2 heterocycles. The van der Waals surface area contributed by atoms with Crippen LogP contribution in [0.5, 0.6) is 0 Å². The summed E-state index contributed by atoms with van der Waals surface area (Å²) < 4.78 is 38.8. The first-order chi connectivity index (χ1) is 16.2. The molecule has 0 spiro atoms. The van der Waals surface area contributed by atoms with Gasteiger partial charge in [0.05, 0.1) is 22.7 Å². The lowest BCUT2D eigenvalue weighted by molar-refractivity contribution is -0.137. The number of aromatic carboxylic acids is 1. The van der Waals surface area contributed by atoms with E-state index >= 15 is 0 Å². The summed E-state index contributed by atoms with van der Waals surface area (Å²) >= 11 is 0.